The molecule has 0 aliphatic heterocycles. The molecule has 0 saturated heterocycles. The molecular weight excluding hydrogens is 410 g/mol. The summed E-state index contributed by atoms with van der Waals surface area (Å²) in [6, 6.07) is 18.1. The van der Waals surface area contributed by atoms with Crippen molar-refractivity contribution in [3.63, 3.8) is 0 Å². The minimum absolute atomic E-state index is 0.00991. The predicted molar refractivity (Wildman–Crippen MR) is 123 cm³/mol. The minimum atomic E-state index is -0.00991. The first-order chi connectivity index (χ1) is 15.2. The SMILES string of the molecule is COc1ccc(-n2c(C)nnc2SCC(=O)NCCCn2ccc3ccccc32)cc1. The van der Waals surface area contributed by atoms with Gasteiger partial charge in [-0.2, -0.15) is 0 Å². The Morgan fingerprint density at radius 2 is 1.90 bits per heavy atom. The van der Waals surface area contributed by atoms with Crippen molar-refractivity contribution in [1.82, 2.24) is 24.6 Å². The van der Waals surface area contributed by atoms with Gasteiger partial charge in [0, 0.05) is 30.5 Å². The Morgan fingerprint density at radius 1 is 1.10 bits per heavy atom. The summed E-state index contributed by atoms with van der Waals surface area (Å²) in [7, 11) is 1.64. The van der Waals surface area contributed by atoms with Crippen molar-refractivity contribution in [3.05, 3.63) is 66.6 Å². The first kappa shape index (κ1) is 21.0. The predicted octanol–water partition coefficient (Wildman–Crippen LogP) is 3.84. The molecule has 0 aliphatic carbocycles. The Kier molecular flexibility index (Phi) is 6.57. The van der Waals surface area contributed by atoms with Crippen molar-refractivity contribution in [2.75, 3.05) is 19.4 Å². The maximum absolute atomic E-state index is 12.3. The Hall–Kier alpha value is -3.26. The average molecular weight is 436 g/mol. The van der Waals surface area contributed by atoms with E-state index in [1.807, 2.05) is 47.9 Å². The van der Waals surface area contributed by atoms with Crippen molar-refractivity contribution in [2.24, 2.45) is 0 Å². The number of hydrogen-bond acceptors (Lipinski definition) is 5. The van der Waals surface area contributed by atoms with Crippen molar-refractivity contribution < 1.29 is 9.53 Å². The third-order valence-electron chi connectivity index (χ3n) is 5.04. The Labute approximate surface area is 185 Å². The van der Waals surface area contributed by atoms with Gasteiger partial charge in [0.2, 0.25) is 5.91 Å². The van der Waals surface area contributed by atoms with Crippen LogP contribution in [-0.4, -0.2) is 44.6 Å². The third kappa shape index (κ3) is 4.91. The van der Waals surface area contributed by atoms with Crippen LogP contribution in [0.25, 0.3) is 16.6 Å². The number of aromatic nitrogens is 4. The molecule has 7 nitrogen and oxygen atoms in total. The van der Waals surface area contributed by atoms with Gasteiger partial charge < -0.3 is 14.6 Å². The second-order valence-electron chi connectivity index (χ2n) is 7.12. The first-order valence-electron chi connectivity index (χ1n) is 10.2. The second kappa shape index (κ2) is 9.70. The van der Waals surface area contributed by atoms with Crippen molar-refractivity contribution in [1.29, 1.82) is 0 Å². The zero-order valence-electron chi connectivity index (χ0n) is 17.6. The number of thioether (sulfide) groups is 1. The molecule has 0 atom stereocenters. The summed E-state index contributed by atoms with van der Waals surface area (Å²) in [5, 5.41) is 13.3. The van der Waals surface area contributed by atoms with E-state index >= 15 is 0 Å². The molecule has 1 amide bonds. The van der Waals surface area contributed by atoms with Gasteiger partial charge in [0.25, 0.3) is 0 Å². The van der Waals surface area contributed by atoms with Gasteiger partial charge in [-0.15, -0.1) is 10.2 Å². The molecule has 1 N–H and O–H groups in total. The van der Waals surface area contributed by atoms with E-state index in [0.717, 1.165) is 30.2 Å². The number of carbonyl (C=O) groups is 1. The molecule has 8 heteroatoms. The number of amides is 1. The number of benzene rings is 2. The van der Waals surface area contributed by atoms with Crippen LogP contribution in [0.2, 0.25) is 0 Å². The third-order valence-corrected chi connectivity index (χ3v) is 5.97. The lowest BCUT2D eigenvalue weighted by molar-refractivity contribution is -0.118. The molecule has 2 heterocycles. The number of ether oxygens (including phenoxy) is 1. The lowest BCUT2D eigenvalue weighted by Crippen LogP contribution is -2.27. The second-order valence-corrected chi connectivity index (χ2v) is 8.07. The molecule has 0 unspecified atom stereocenters. The van der Waals surface area contributed by atoms with Crippen LogP contribution in [0.1, 0.15) is 12.2 Å². The number of nitrogens with zero attached hydrogens (tertiary/aromatic N) is 4. The van der Waals surface area contributed by atoms with Gasteiger partial charge in [-0.05, 0) is 55.1 Å². The lowest BCUT2D eigenvalue weighted by Gasteiger charge is -2.10. The number of hydrogen-bond donors (Lipinski definition) is 1. The fourth-order valence-electron chi connectivity index (χ4n) is 3.46. The van der Waals surface area contributed by atoms with E-state index in [2.05, 4.69) is 44.5 Å². The average Bonchev–Trinajstić information content (AvgIpc) is 3.38. The molecule has 31 heavy (non-hydrogen) atoms. The minimum Gasteiger partial charge on any atom is -0.497 e. The number of carbonyl (C=O) groups excluding carboxylic acids is 1. The van der Waals surface area contributed by atoms with Gasteiger partial charge >= 0.3 is 0 Å². The Bertz CT molecular complexity index is 1170. The Balaban J connectivity index is 1.27. The normalized spacial score (nSPS) is 11.0. The van der Waals surface area contributed by atoms with Crippen LogP contribution in [-0.2, 0) is 11.3 Å². The van der Waals surface area contributed by atoms with Crippen LogP contribution < -0.4 is 10.1 Å². The van der Waals surface area contributed by atoms with Crippen molar-refractivity contribution in [3.8, 4) is 11.4 Å². The summed E-state index contributed by atoms with van der Waals surface area (Å²) < 4.78 is 9.37. The fraction of sp³-hybridized carbons (Fsp3) is 0.261. The molecule has 160 valence electrons. The quantitative estimate of drug-likeness (QED) is 0.319. The van der Waals surface area contributed by atoms with Crippen LogP contribution in [0.15, 0.2) is 66.0 Å². The summed E-state index contributed by atoms with van der Waals surface area (Å²) in [6.45, 7) is 3.40. The Morgan fingerprint density at radius 3 is 2.71 bits per heavy atom. The number of methoxy groups -OCH3 is 1. The zero-order chi connectivity index (χ0) is 21.6. The number of nitrogens with one attached hydrogen (secondary N) is 1. The van der Waals surface area contributed by atoms with Crippen molar-refractivity contribution >= 4 is 28.6 Å². The van der Waals surface area contributed by atoms with E-state index in [1.165, 1.54) is 22.7 Å². The number of para-hydroxylation sites is 1. The monoisotopic (exact) mass is 435 g/mol. The van der Waals surface area contributed by atoms with E-state index in [9.17, 15) is 4.79 Å². The molecule has 0 fully saturated rings. The standard InChI is InChI=1S/C23H25N5O2S/c1-17-25-26-23(28(17)19-8-10-20(30-2)11-9-19)31-16-22(29)24-13-5-14-27-15-12-18-6-3-4-7-21(18)27/h3-4,6-12,15H,5,13-14,16H2,1-2H3,(H,24,29). The molecule has 0 bridgehead atoms. The van der Waals surface area contributed by atoms with E-state index < -0.39 is 0 Å². The molecule has 0 radical (unpaired) electrons. The van der Waals surface area contributed by atoms with Crippen LogP contribution in [0, 0.1) is 6.92 Å². The van der Waals surface area contributed by atoms with E-state index in [-0.39, 0.29) is 5.91 Å². The van der Waals surface area contributed by atoms with E-state index in [1.54, 1.807) is 7.11 Å². The van der Waals surface area contributed by atoms with Crippen LogP contribution in [0.3, 0.4) is 0 Å². The van der Waals surface area contributed by atoms with Crippen LogP contribution in [0.4, 0.5) is 0 Å². The maximum Gasteiger partial charge on any atom is 0.230 e. The van der Waals surface area contributed by atoms with Crippen molar-refractivity contribution in [2.45, 2.75) is 25.0 Å². The summed E-state index contributed by atoms with van der Waals surface area (Å²) in [6.07, 6.45) is 2.97. The topological polar surface area (TPSA) is 74.0 Å². The molecular formula is C23H25N5O2S. The highest BCUT2D eigenvalue weighted by Crippen LogP contribution is 2.23. The molecule has 2 aromatic heterocycles. The fourth-order valence-corrected chi connectivity index (χ4v) is 4.29. The lowest BCUT2D eigenvalue weighted by atomic mass is 10.2. The molecule has 2 aromatic carbocycles. The van der Waals surface area contributed by atoms with Gasteiger partial charge in [0.05, 0.1) is 12.9 Å². The molecule has 4 aromatic rings. The highest BCUT2D eigenvalue weighted by molar-refractivity contribution is 7.99. The number of fused-ring (bicyclic) bond motifs is 1. The first-order valence-corrected chi connectivity index (χ1v) is 11.1. The summed E-state index contributed by atoms with van der Waals surface area (Å²) >= 11 is 1.38. The maximum atomic E-state index is 12.3. The highest BCUT2D eigenvalue weighted by Gasteiger charge is 2.13. The zero-order valence-corrected chi connectivity index (χ0v) is 18.4. The van der Waals surface area contributed by atoms with Gasteiger partial charge in [-0.1, -0.05) is 30.0 Å². The summed E-state index contributed by atoms with van der Waals surface area (Å²) in [4.78, 5) is 12.3. The van der Waals surface area contributed by atoms with Crippen LogP contribution >= 0.6 is 11.8 Å². The van der Waals surface area contributed by atoms with Gasteiger partial charge in [-0.3, -0.25) is 9.36 Å². The molecule has 4 rings (SSSR count). The smallest absolute Gasteiger partial charge is 0.230 e. The van der Waals surface area contributed by atoms with Gasteiger partial charge in [-0.25, -0.2) is 0 Å². The summed E-state index contributed by atoms with van der Waals surface area (Å²) in [5.74, 6) is 1.84. The molecule has 0 saturated carbocycles. The highest BCUT2D eigenvalue weighted by atomic mass is 32.2. The molecule has 0 spiro atoms. The van der Waals surface area contributed by atoms with E-state index in [0.29, 0.717) is 17.5 Å². The van der Waals surface area contributed by atoms with Crippen LogP contribution in [0.5, 0.6) is 5.75 Å². The number of aryl methyl sites for hydroxylation is 2. The largest absolute Gasteiger partial charge is 0.497 e. The van der Waals surface area contributed by atoms with E-state index in [4.69, 9.17) is 4.74 Å². The summed E-state index contributed by atoms with van der Waals surface area (Å²) in [5.41, 5.74) is 2.16. The molecule has 0 aliphatic rings. The van der Waals surface area contributed by atoms with Gasteiger partial charge in [0.1, 0.15) is 11.6 Å². The number of rotatable bonds is 9. The van der Waals surface area contributed by atoms with Gasteiger partial charge in [0.15, 0.2) is 5.16 Å².